The van der Waals surface area contributed by atoms with Crippen LogP contribution in [0.5, 0.6) is 0 Å². The highest BCUT2D eigenvalue weighted by atomic mass is 32.2. The minimum Gasteiger partial charge on any atom is -0.377 e. The molecular formula is C23H30N2O4S. The van der Waals surface area contributed by atoms with Gasteiger partial charge in [0.25, 0.3) is 5.91 Å². The van der Waals surface area contributed by atoms with Crippen LogP contribution in [0.4, 0.5) is 0 Å². The Kier molecular flexibility index (Phi) is 7.64. The normalized spacial score (nSPS) is 17.8. The Balaban J connectivity index is 1.59. The van der Waals surface area contributed by atoms with E-state index in [1.807, 2.05) is 18.2 Å². The largest absolute Gasteiger partial charge is 0.377 e. The van der Waals surface area contributed by atoms with E-state index in [4.69, 9.17) is 4.74 Å². The smallest absolute Gasteiger partial charge is 0.251 e. The first-order valence-electron chi connectivity index (χ1n) is 10.4. The number of carbonyl (C=O) groups excluding carboxylic acids is 1. The van der Waals surface area contributed by atoms with Gasteiger partial charge in [-0.05, 0) is 48.6 Å². The molecule has 2 unspecified atom stereocenters. The number of nitrogens with one attached hydrogen (secondary N) is 2. The molecule has 2 aromatic rings. The fraction of sp³-hybridized carbons (Fsp3) is 0.435. The Morgan fingerprint density at radius 3 is 2.40 bits per heavy atom. The monoisotopic (exact) mass is 430 g/mol. The van der Waals surface area contributed by atoms with Crippen LogP contribution in [0, 0.1) is 5.92 Å². The molecule has 0 aliphatic carbocycles. The van der Waals surface area contributed by atoms with Crippen molar-refractivity contribution in [3.05, 3.63) is 65.7 Å². The average Bonchev–Trinajstić information content (AvgIpc) is 3.27. The highest BCUT2D eigenvalue weighted by molar-refractivity contribution is 7.89. The van der Waals surface area contributed by atoms with Crippen LogP contribution in [-0.2, 0) is 14.8 Å². The second-order valence-corrected chi connectivity index (χ2v) is 9.75. The standard InChI is InChI=1S/C23H30N2O4S/c1-17(2)22(18-7-4-3-5-8-18)16-24-23(26)19-10-12-21(13-11-19)30(27,28)25-15-20-9-6-14-29-20/h3-5,7-8,10-13,17,20,22,25H,6,9,14-16H2,1-2H3,(H,24,26). The van der Waals surface area contributed by atoms with Crippen LogP contribution in [0.1, 0.15) is 48.5 Å². The second kappa shape index (κ2) is 10.2. The molecule has 0 bridgehead atoms. The van der Waals surface area contributed by atoms with E-state index < -0.39 is 10.0 Å². The lowest BCUT2D eigenvalue weighted by molar-refractivity contribution is 0.0949. The molecule has 30 heavy (non-hydrogen) atoms. The summed E-state index contributed by atoms with van der Waals surface area (Å²) in [6.45, 7) is 5.72. The van der Waals surface area contributed by atoms with Gasteiger partial charge in [-0.25, -0.2) is 13.1 Å². The molecule has 1 fully saturated rings. The highest BCUT2D eigenvalue weighted by Gasteiger charge is 2.21. The maximum atomic E-state index is 12.6. The van der Waals surface area contributed by atoms with Gasteiger partial charge in [-0.3, -0.25) is 4.79 Å². The lowest BCUT2D eigenvalue weighted by atomic mass is 9.88. The van der Waals surface area contributed by atoms with E-state index >= 15 is 0 Å². The van der Waals surface area contributed by atoms with Crippen LogP contribution in [0.2, 0.25) is 0 Å². The molecule has 2 aromatic carbocycles. The summed E-state index contributed by atoms with van der Waals surface area (Å²) in [5, 5.41) is 2.98. The van der Waals surface area contributed by atoms with Crippen molar-refractivity contribution in [3.63, 3.8) is 0 Å². The van der Waals surface area contributed by atoms with Gasteiger partial charge >= 0.3 is 0 Å². The number of benzene rings is 2. The van der Waals surface area contributed by atoms with Crippen LogP contribution < -0.4 is 10.0 Å². The number of rotatable bonds is 9. The van der Waals surface area contributed by atoms with Crippen molar-refractivity contribution in [2.75, 3.05) is 19.7 Å². The zero-order valence-electron chi connectivity index (χ0n) is 17.5. The van der Waals surface area contributed by atoms with E-state index in [-0.39, 0.29) is 29.4 Å². The molecule has 1 saturated heterocycles. The van der Waals surface area contributed by atoms with Crippen LogP contribution in [0.25, 0.3) is 0 Å². The third kappa shape index (κ3) is 5.90. The summed E-state index contributed by atoms with van der Waals surface area (Å²) < 4.78 is 32.9. The van der Waals surface area contributed by atoms with Crippen molar-refractivity contribution >= 4 is 15.9 Å². The second-order valence-electron chi connectivity index (χ2n) is 7.98. The van der Waals surface area contributed by atoms with E-state index in [1.54, 1.807) is 12.1 Å². The number of ether oxygens (including phenoxy) is 1. The Hall–Kier alpha value is -2.22. The maximum absolute atomic E-state index is 12.6. The zero-order valence-corrected chi connectivity index (χ0v) is 18.3. The topological polar surface area (TPSA) is 84.5 Å². The van der Waals surface area contributed by atoms with Gasteiger partial charge in [0.1, 0.15) is 0 Å². The third-order valence-corrected chi connectivity index (χ3v) is 6.91. The molecule has 1 aliphatic rings. The molecule has 6 nitrogen and oxygen atoms in total. The summed E-state index contributed by atoms with van der Waals surface area (Å²) in [5.74, 6) is 0.361. The van der Waals surface area contributed by atoms with E-state index in [9.17, 15) is 13.2 Å². The highest BCUT2D eigenvalue weighted by Crippen LogP contribution is 2.23. The number of amides is 1. The molecule has 7 heteroatoms. The minimum absolute atomic E-state index is 0.0663. The molecule has 1 aliphatic heterocycles. The van der Waals surface area contributed by atoms with Gasteiger partial charge in [0.15, 0.2) is 0 Å². The van der Waals surface area contributed by atoms with Crippen LogP contribution in [0.15, 0.2) is 59.5 Å². The molecule has 162 valence electrons. The fourth-order valence-electron chi connectivity index (χ4n) is 3.62. The predicted octanol–water partition coefficient (Wildman–Crippen LogP) is 3.31. The fourth-order valence-corrected chi connectivity index (χ4v) is 4.69. The summed E-state index contributed by atoms with van der Waals surface area (Å²) in [5.41, 5.74) is 1.62. The third-order valence-electron chi connectivity index (χ3n) is 5.47. The molecule has 2 N–H and O–H groups in total. The molecule has 0 saturated carbocycles. The van der Waals surface area contributed by atoms with E-state index in [1.165, 1.54) is 17.7 Å². The van der Waals surface area contributed by atoms with E-state index in [2.05, 4.69) is 36.0 Å². The lowest BCUT2D eigenvalue weighted by Crippen LogP contribution is -2.32. The van der Waals surface area contributed by atoms with Crippen LogP contribution in [0.3, 0.4) is 0 Å². The van der Waals surface area contributed by atoms with Gasteiger partial charge in [-0.1, -0.05) is 44.2 Å². The Bertz CT molecular complexity index is 921. The molecule has 3 rings (SSSR count). The van der Waals surface area contributed by atoms with Gasteiger partial charge in [0.05, 0.1) is 11.0 Å². The van der Waals surface area contributed by atoms with Gasteiger partial charge in [-0.2, -0.15) is 0 Å². The number of hydrogen-bond acceptors (Lipinski definition) is 4. The molecule has 1 amide bonds. The number of sulfonamides is 1. The van der Waals surface area contributed by atoms with Gasteiger partial charge < -0.3 is 10.1 Å². The van der Waals surface area contributed by atoms with Gasteiger partial charge in [-0.15, -0.1) is 0 Å². The first kappa shape index (κ1) is 22.5. The molecule has 0 aromatic heterocycles. The predicted molar refractivity (Wildman–Crippen MR) is 117 cm³/mol. The first-order chi connectivity index (χ1) is 14.4. The van der Waals surface area contributed by atoms with Crippen molar-refractivity contribution in [1.82, 2.24) is 10.0 Å². The van der Waals surface area contributed by atoms with Crippen molar-refractivity contribution in [2.24, 2.45) is 5.92 Å². The Morgan fingerprint density at radius 1 is 1.10 bits per heavy atom. The van der Waals surface area contributed by atoms with Crippen molar-refractivity contribution < 1.29 is 17.9 Å². The van der Waals surface area contributed by atoms with Crippen LogP contribution >= 0.6 is 0 Å². The average molecular weight is 431 g/mol. The first-order valence-corrected chi connectivity index (χ1v) is 11.9. The van der Waals surface area contributed by atoms with Crippen LogP contribution in [-0.4, -0.2) is 40.1 Å². The zero-order chi connectivity index (χ0) is 21.6. The Labute approximate surface area is 179 Å². The quantitative estimate of drug-likeness (QED) is 0.639. The SMILES string of the molecule is CC(C)C(CNC(=O)c1ccc(S(=O)(=O)NCC2CCCO2)cc1)c1ccccc1. The van der Waals surface area contributed by atoms with E-state index in [0.717, 1.165) is 12.8 Å². The summed E-state index contributed by atoms with van der Waals surface area (Å²) in [6, 6.07) is 16.1. The van der Waals surface area contributed by atoms with E-state index in [0.29, 0.717) is 24.6 Å². The van der Waals surface area contributed by atoms with Crippen molar-refractivity contribution in [1.29, 1.82) is 0 Å². The van der Waals surface area contributed by atoms with Gasteiger partial charge in [0, 0.05) is 31.2 Å². The lowest BCUT2D eigenvalue weighted by Gasteiger charge is -2.22. The molecule has 0 radical (unpaired) electrons. The molecule has 1 heterocycles. The summed E-state index contributed by atoms with van der Waals surface area (Å²) in [4.78, 5) is 12.7. The summed E-state index contributed by atoms with van der Waals surface area (Å²) >= 11 is 0. The molecule has 0 spiro atoms. The van der Waals surface area contributed by atoms with Crippen molar-refractivity contribution in [3.8, 4) is 0 Å². The molecule has 2 atom stereocenters. The Morgan fingerprint density at radius 2 is 1.80 bits per heavy atom. The summed E-state index contributed by atoms with van der Waals surface area (Å²) in [7, 11) is -3.62. The van der Waals surface area contributed by atoms with Gasteiger partial charge in [0.2, 0.25) is 10.0 Å². The van der Waals surface area contributed by atoms with Crippen molar-refractivity contribution in [2.45, 2.75) is 43.6 Å². The minimum atomic E-state index is -3.62. The number of carbonyl (C=O) groups is 1. The summed E-state index contributed by atoms with van der Waals surface area (Å²) in [6.07, 6.45) is 1.75. The molecular weight excluding hydrogens is 400 g/mol. The maximum Gasteiger partial charge on any atom is 0.251 e. The number of hydrogen-bond donors (Lipinski definition) is 2.